The number of hydrogen-bond donors (Lipinski definition) is 1. The van der Waals surface area contributed by atoms with Crippen LogP contribution in [0.2, 0.25) is 0 Å². The van der Waals surface area contributed by atoms with Crippen molar-refractivity contribution in [3.8, 4) is 16.8 Å². The SMILES string of the molecule is Cc1c(-c2ccc(C(=O)O)cc2)c(=O)n(-c2ccccc2)n1C. The van der Waals surface area contributed by atoms with E-state index in [9.17, 15) is 9.59 Å². The van der Waals surface area contributed by atoms with Crippen LogP contribution in [0.1, 0.15) is 16.1 Å². The van der Waals surface area contributed by atoms with Gasteiger partial charge in [-0.25, -0.2) is 9.48 Å². The normalized spacial score (nSPS) is 10.7. The molecule has 0 aliphatic carbocycles. The Morgan fingerprint density at radius 2 is 1.61 bits per heavy atom. The third kappa shape index (κ3) is 2.46. The molecule has 0 atom stereocenters. The maximum absolute atomic E-state index is 12.9. The van der Waals surface area contributed by atoms with E-state index >= 15 is 0 Å². The van der Waals surface area contributed by atoms with Crippen LogP contribution in [0.4, 0.5) is 0 Å². The summed E-state index contributed by atoms with van der Waals surface area (Å²) in [6.07, 6.45) is 0. The third-order valence-corrected chi connectivity index (χ3v) is 3.97. The van der Waals surface area contributed by atoms with Gasteiger partial charge in [-0.05, 0) is 36.8 Å². The largest absolute Gasteiger partial charge is 0.478 e. The lowest BCUT2D eigenvalue weighted by Crippen LogP contribution is -2.20. The minimum Gasteiger partial charge on any atom is -0.478 e. The first-order chi connectivity index (χ1) is 11.0. The van der Waals surface area contributed by atoms with Crippen LogP contribution in [0.25, 0.3) is 16.8 Å². The van der Waals surface area contributed by atoms with E-state index in [1.54, 1.807) is 21.5 Å². The topological polar surface area (TPSA) is 64.2 Å². The first-order valence-electron chi connectivity index (χ1n) is 7.18. The van der Waals surface area contributed by atoms with E-state index in [0.29, 0.717) is 11.1 Å². The minimum atomic E-state index is -0.983. The second-order valence-corrected chi connectivity index (χ2v) is 5.32. The number of nitrogens with zero attached hydrogens (tertiary/aromatic N) is 2. The van der Waals surface area contributed by atoms with Gasteiger partial charge in [0.25, 0.3) is 5.56 Å². The Morgan fingerprint density at radius 1 is 1.00 bits per heavy atom. The number of para-hydroxylation sites is 1. The summed E-state index contributed by atoms with van der Waals surface area (Å²) < 4.78 is 3.41. The molecule has 0 spiro atoms. The van der Waals surface area contributed by atoms with Crippen molar-refractivity contribution in [3.05, 3.63) is 76.2 Å². The van der Waals surface area contributed by atoms with Crippen LogP contribution in [0.3, 0.4) is 0 Å². The first kappa shape index (κ1) is 14.8. The highest BCUT2D eigenvalue weighted by Gasteiger charge is 2.17. The predicted molar refractivity (Wildman–Crippen MR) is 88.1 cm³/mol. The minimum absolute atomic E-state index is 0.126. The molecule has 23 heavy (non-hydrogen) atoms. The van der Waals surface area contributed by atoms with E-state index in [1.165, 1.54) is 12.1 Å². The van der Waals surface area contributed by atoms with E-state index in [1.807, 2.05) is 44.3 Å². The lowest BCUT2D eigenvalue weighted by atomic mass is 10.0. The molecule has 5 heteroatoms. The smallest absolute Gasteiger partial charge is 0.335 e. The molecule has 3 rings (SSSR count). The molecular weight excluding hydrogens is 292 g/mol. The monoisotopic (exact) mass is 308 g/mol. The molecule has 1 heterocycles. The van der Waals surface area contributed by atoms with Gasteiger partial charge in [-0.3, -0.25) is 9.48 Å². The number of hydrogen-bond acceptors (Lipinski definition) is 2. The molecule has 116 valence electrons. The van der Waals surface area contributed by atoms with E-state index in [0.717, 1.165) is 11.4 Å². The van der Waals surface area contributed by atoms with Crippen LogP contribution >= 0.6 is 0 Å². The van der Waals surface area contributed by atoms with Crippen molar-refractivity contribution in [2.75, 3.05) is 0 Å². The molecule has 1 aromatic heterocycles. The molecule has 2 aromatic carbocycles. The van der Waals surface area contributed by atoms with Gasteiger partial charge in [-0.15, -0.1) is 0 Å². The van der Waals surface area contributed by atoms with Crippen molar-refractivity contribution < 1.29 is 9.90 Å². The molecule has 0 saturated heterocycles. The summed E-state index contributed by atoms with van der Waals surface area (Å²) in [6.45, 7) is 1.88. The second-order valence-electron chi connectivity index (χ2n) is 5.32. The highest BCUT2D eigenvalue weighted by Crippen LogP contribution is 2.22. The zero-order valence-corrected chi connectivity index (χ0v) is 12.9. The Hall–Kier alpha value is -3.08. The fraction of sp³-hybridized carbons (Fsp3) is 0.111. The van der Waals surface area contributed by atoms with Crippen LogP contribution in [0, 0.1) is 6.92 Å². The van der Waals surface area contributed by atoms with Gasteiger partial charge in [0.1, 0.15) is 0 Å². The molecule has 0 bridgehead atoms. The van der Waals surface area contributed by atoms with Gasteiger partial charge in [0.2, 0.25) is 0 Å². The van der Waals surface area contributed by atoms with Crippen molar-refractivity contribution in [2.45, 2.75) is 6.92 Å². The van der Waals surface area contributed by atoms with Crippen LogP contribution in [0.15, 0.2) is 59.4 Å². The summed E-state index contributed by atoms with van der Waals surface area (Å²) in [6, 6.07) is 15.8. The summed E-state index contributed by atoms with van der Waals surface area (Å²) in [4.78, 5) is 23.8. The fourth-order valence-corrected chi connectivity index (χ4v) is 2.68. The number of benzene rings is 2. The van der Waals surface area contributed by atoms with Crippen LogP contribution in [-0.4, -0.2) is 20.4 Å². The van der Waals surface area contributed by atoms with Gasteiger partial charge in [-0.2, -0.15) is 0 Å². The molecule has 0 saturated carbocycles. The predicted octanol–water partition coefficient (Wildman–Crippen LogP) is 2.85. The molecule has 0 fully saturated rings. The Labute approximate surface area is 133 Å². The number of aromatic nitrogens is 2. The second kappa shape index (κ2) is 5.61. The maximum Gasteiger partial charge on any atom is 0.335 e. The summed E-state index contributed by atoms with van der Waals surface area (Å²) >= 11 is 0. The number of carboxylic acid groups (broad SMARTS) is 1. The molecule has 0 aliphatic rings. The number of aromatic carboxylic acids is 1. The molecular formula is C18H16N2O3. The van der Waals surface area contributed by atoms with Crippen molar-refractivity contribution in [2.24, 2.45) is 7.05 Å². The fourth-order valence-electron chi connectivity index (χ4n) is 2.68. The van der Waals surface area contributed by atoms with Crippen LogP contribution in [-0.2, 0) is 7.05 Å². The van der Waals surface area contributed by atoms with Gasteiger partial charge in [0.05, 0.1) is 16.8 Å². The molecule has 0 unspecified atom stereocenters. The summed E-state index contributed by atoms with van der Waals surface area (Å²) in [7, 11) is 1.83. The van der Waals surface area contributed by atoms with E-state index in [4.69, 9.17) is 5.11 Å². The van der Waals surface area contributed by atoms with Crippen LogP contribution in [0.5, 0.6) is 0 Å². The molecule has 1 N–H and O–H groups in total. The van der Waals surface area contributed by atoms with Crippen molar-refractivity contribution in [1.82, 2.24) is 9.36 Å². The van der Waals surface area contributed by atoms with Crippen molar-refractivity contribution >= 4 is 5.97 Å². The molecule has 0 aliphatic heterocycles. The van der Waals surface area contributed by atoms with Gasteiger partial charge in [0.15, 0.2) is 0 Å². The maximum atomic E-state index is 12.9. The number of carboxylic acids is 1. The average molecular weight is 308 g/mol. The van der Waals surface area contributed by atoms with Gasteiger partial charge in [-0.1, -0.05) is 30.3 Å². The molecule has 5 nitrogen and oxygen atoms in total. The Bertz CT molecular complexity index is 919. The molecule has 3 aromatic rings. The van der Waals surface area contributed by atoms with Crippen molar-refractivity contribution in [3.63, 3.8) is 0 Å². The lowest BCUT2D eigenvalue weighted by molar-refractivity contribution is 0.0697. The number of rotatable bonds is 3. The Balaban J connectivity index is 2.18. The number of carbonyl (C=O) groups is 1. The zero-order valence-electron chi connectivity index (χ0n) is 12.9. The summed E-state index contributed by atoms with van der Waals surface area (Å²) in [5.74, 6) is -0.983. The highest BCUT2D eigenvalue weighted by molar-refractivity contribution is 5.88. The highest BCUT2D eigenvalue weighted by atomic mass is 16.4. The molecule has 0 radical (unpaired) electrons. The van der Waals surface area contributed by atoms with E-state index in [-0.39, 0.29) is 11.1 Å². The third-order valence-electron chi connectivity index (χ3n) is 3.97. The van der Waals surface area contributed by atoms with Gasteiger partial charge >= 0.3 is 5.97 Å². The van der Waals surface area contributed by atoms with Crippen LogP contribution < -0.4 is 5.56 Å². The van der Waals surface area contributed by atoms with Crippen molar-refractivity contribution in [1.29, 1.82) is 0 Å². The Morgan fingerprint density at radius 3 is 2.17 bits per heavy atom. The Kier molecular flexibility index (Phi) is 3.62. The summed E-state index contributed by atoms with van der Waals surface area (Å²) in [5, 5.41) is 8.98. The van der Waals surface area contributed by atoms with Gasteiger partial charge in [0, 0.05) is 12.7 Å². The first-order valence-corrected chi connectivity index (χ1v) is 7.18. The molecule has 0 amide bonds. The van der Waals surface area contributed by atoms with E-state index in [2.05, 4.69) is 0 Å². The lowest BCUT2D eigenvalue weighted by Gasteiger charge is -2.07. The summed E-state index contributed by atoms with van der Waals surface area (Å²) in [5.41, 5.74) is 2.97. The zero-order chi connectivity index (χ0) is 16.6. The standard InChI is InChI=1S/C18H16N2O3/c1-12-16(13-8-10-14(11-9-13)18(22)23)17(21)20(19(12)2)15-6-4-3-5-7-15/h3-11H,1-2H3,(H,22,23). The van der Waals surface area contributed by atoms with E-state index < -0.39 is 5.97 Å². The average Bonchev–Trinajstić information content (AvgIpc) is 2.78. The quantitative estimate of drug-likeness (QED) is 0.809. The van der Waals surface area contributed by atoms with Gasteiger partial charge < -0.3 is 5.11 Å².